The van der Waals surface area contributed by atoms with E-state index in [1.807, 2.05) is 25.1 Å². The molecule has 1 aliphatic heterocycles. The maximum atomic E-state index is 14.0. The van der Waals surface area contributed by atoms with Gasteiger partial charge in [-0.25, -0.2) is 4.39 Å². The Kier molecular flexibility index (Phi) is 3.54. The molecule has 0 nitrogen and oxygen atoms in total. The van der Waals surface area contributed by atoms with Crippen LogP contribution in [0.5, 0.6) is 0 Å². The molecule has 2 heteroatoms. The molecule has 100 valence electrons. The molecule has 0 radical (unpaired) electrons. The van der Waals surface area contributed by atoms with Gasteiger partial charge in [0.15, 0.2) is 0 Å². The van der Waals surface area contributed by atoms with E-state index in [0.29, 0.717) is 6.42 Å². The van der Waals surface area contributed by atoms with E-state index in [4.69, 9.17) is 6.42 Å². The van der Waals surface area contributed by atoms with Crippen molar-refractivity contribution >= 4 is 11.8 Å². The molecular formula is C18H15FS. The summed E-state index contributed by atoms with van der Waals surface area (Å²) in [5.41, 5.74) is 4.13. The zero-order chi connectivity index (χ0) is 14.1. The maximum Gasteiger partial charge on any atom is 0.126 e. The number of benzene rings is 2. The summed E-state index contributed by atoms with van der Waals surface area (Å²) in [6, 6.07) is 11.6. The lowest BCUT2D eigenvalue weighted by molar-refractivity contribution is 0.608. The predicted octanol–water partition coefficient (Wildman–Crippen LogP) is 4.76. The van der Waals surface area contributed by atoms with Crippen LogP contribution < -0.4 is 0 Å². The summed E-state index contributed by atoms with van der Waals surface area (Å²) in [6.45, 7) is 1.99. The molecule has 0 saturated carbocycles. The first kappa shape index (κ1) is 13.3. The largest absolute Gasteiger partial charge is 0.207 e. The average molecular weight is 282 g/mol. The van der Waals surface area contributed by atoms with E-state index >= 15 is 0 Å². The van der Waals surface area contributed by atoms with E-state index in [9.17, 15) is 4.39 Å². The van der Waals surface area contributed by atoms with Crippen LogP contribution >= 0.6 is 11.8 Å². The lowest BCUT2D eigenvalue weighted by atomic mass is 9.86. The van der Waals surface area contributed by atoms with Gasteiger partial charge in [-0.05, 0) is 40.8 Å². The van der Waals surface area contributed by atoms with Crippen molar-refractivity contribution in [3.8, 4) is 12.3 Å². The minimum absolute atomic E-state index is 0.0814. The fraction of sp³-hybridized carbons (Fsp3) is 0.222. The molecule has 0 fully saturated rings. The summed E-state index contributed by atoms with van der Waals surface area (Å²) >= 11 is 1.75. The molecule has 0 amide bonds. The highest BCUT2D eigenvalue weighted by Crippen LogP contribution is 2.41. The zero-order valence-corrected chi connectivity index (χ0v) is 12.1. The van der Waals surface area contributed by atoms with Crippen molar-refractivity contribution in [2.45, 2.75) is 29.9 Å². The van der Waals surface area contributed by atoms with Crippen LogP contribution in [-0.4, -0.2) is 0 Å². The van der Waals surface area contributed by atoms with E-state index in [1.54, 1.807) is 17.8 Å². The average Bonchev–Trinajstić information content (AvgIpc) is 2.63. The molecular weight excluding hydrogens is 267 g/mol. The van der Waals surface area contributed by atoms with E-state index in [1.165, 1.54) is 4.90 Å². The number of hydrogen-bond acceptors (Lipinski definition) is 1. The monoisotopic (exact) mass is 282 g/mol. The fourth-order valence-electron chi connectivity index (χ4n) is 2.85. The lowest BCUT2D eigenvalue weighted by Crippen LogP contribution is -2.05. The van der Waals surface area contributed by atoms with Crippen LogP contribution in [0.15, 0.2) is 41.3 Å². The minimum Gasteiger partial charge on any atom is -0.207 e. The Morgan fingerprint density at radius 1 is 1.25 bits per heavy atom. The van der Waals surface area contributed by atoms with Crippen molar-refractivity contribution in [3.05, 3.63) is 64.5 Å². The topological polar surface area (TPSA) is 0 Å². The summed E-state index contributed by atoms with van der Waals surface area (Å²) in [5, 5.41) is 0. The highest BCUT2D eigenvalue weighted by atomic mass is 32.2. The molecule has 20 heavy (non-hydrogen) atoms. The second kappa shape index (κ2) is 5.34. The van der Waals surface area contributed by atoms with Crippen LogP contribution in [0.2, 0.25) is 0 Å². The van der Waals surface area contributed by atoms with Gasteiger partial charge in [-0.3, -0.25) is 0 Å². The van der Waals surface area contributed by atoms with E-state index in [0.717, 1.165) is 28.0 Å². The molecule has 2 aromatic rings. The third-order valence-electron chi connectivity index (χ3n) is 3.84. The Morgan fingerprint density at radius 3 is 2.80 bits per heavy atom. The van der Waals surface area contributed by atoms with Gasteiger partial charge in [0.25, 0.3) is 0 Å². The highest BCUT2D eigenvalue weighted by molar-refractivity contribution is 7.98. The Morgan fingerprint density at radius 2 is 2.05 bits per heavy atom. The first-order chi connectivity index (χ1) is 9.76. The van der Waals surface area contributed by atoms with Crippen LogP contribution in [0, 0.1) is 18.2 Å². The molecule has 1 heterocycles. The number of fused-ring (bicyclic) bond motifs is 2. The van der Waals surface area contributed by atoms with Gasteiger partial charge in [-0.15, -0.1) is 18.2 Å². The Bertz CT molecular complexity index is 697. The molecule has 1 atom stereocenters. The summed E-state index contributed by atoms with van der Waals surface area (Å²) in [4.78, 5) is 1.20. The van der Waals surface area contributed by atoms with E-state index < -0.39 is 0 Å². The number of terminal acetylenes is 1. The molecule has 2 aromatic carbocycles. The van der Waals surface area contributed by atoms with Gasteiger partial charge in [0.1, 0.15) is 5.82 Å². The van der Waals surface area contributed by atoms with Crippen molar-refractivity contribution < 1.29 is 4.39 Å². The summed E-state index contributed by atoms with van der Waals surface area (Å²) in [7, 11) is 0. The van der Waals surface area contributed by atoms with Gasteiger partial charge in [0.05, 0.1) is 5.92 Å². The number of thioether (sulfide) groups is 1. The molecule has 0 saturated heterocycles. The molecule has 0 spiro atoms. The van der Waals surface area contributed by atoms with Crippen molar-refractivity contribution in [2.24, 2.45) is 0 Å². The second-order valence-corrected chi connectivity index (χ2v) is 5.89. The number of hydrogen-bond donors (Lipinski definition) is 0. The molecule has 0 aliphatic carbocycles. The second-order valence-electron chi connectivity index (χ2n) is 4.87. The maximum absolute atomic E-state index is 14.0. The molecule has 0 unspecified atom stereocenters. The van der Waals surface area contributed by atoms with Gasteiger partial charge in [0, 0.05) is 10.6 Å². The highest BCUT2D eigenvalue weighted by Gasteiger charge is 2.24. The van der Waals surface area contributed by atoms with Gasteiger partial charge < -0.3 is 0 Å². The Balaban J connectivity index is 2.25. The molecule has 0 N–H and O–H groups in total. The standard InChI is InChI=1S/C18H15FS/c1-3-12-14-9-10-17(19)13(4-2)16(14)11-20-18-8-6-5-7-15(12)18/h1,5-10,12H,4,11H2,2H3/t12-/m0/s1. The summed E-state index contributed by atoms with van der Waals surface area (Å²) < 4.78 is 14.0. The lowest BCUT2D eigenvalue weighted by Gasteiger charge is -2.16. The van der Waals surface area contributed by atoms with Crippen LogP contribution in [-0.2, 0) is 12.2 Å². The van der Waals surface area contributed by atoms with E-state index in [-0.39, 0.29) is 11.7 Å². The van der Waals surface area contributed by atoms with Gasteiger partial charge in [-0.1, -0.05) is 37.1 Å². The molecule has 1 aliphatic rings. The summed E-state index contributed by atoms with van der Waals surface area (Å²) in [5.74, 6) is 3.48. The molecule has 3 rings (SSSR count). The molecule has 0 bridgehead atoms. The van der Waals surface area contributed by atoms with Gasteiger partial charge in [-0.2, -0.15) is 0 Å². The van der Waals surface area contributed by atoms with Crippen LogP contribution in [0.4, 0.5) is 4.39 Å². The van der Waals surface area contributed by atoms with Crippen molar-refractivity contribution in [1.29, 1.82) is 0 Å². The normalized spacial score (nSPS) is 16.8. The number of halogens is 1. The van der Waals surface area contributed by atoms with Gasteiger partial charge in [0.2, 0.25) is 0 Å². The summed E-state index contributed by atoms with van der Waals surface area (Å²) in [6.07, 6.45) is 6.48. The quantitative estimate of drug-likeness (QED) is 0.680. The third kappa shape index (κ3) is 2.03. The van der Waals surface area contributed by atoms with Gasteiger partial charge >= 0.3 is 0 Å². The SMILES string of the molecule is C#C[C@@H]1c2ccccc2SCc2c1ccc(F)c2CC. The molecule has 0 aromatic heterocycles. The Labute approximate surface area is 123 Å². The van der Waals surface area contributed by atoms with Crippen molar-refractivity contribution in [2.75, 3.05) is 0 Å². The van der Waals surface area contributed by atoms with E-state index in [2.05, 4.69) is 18.1 Å². The smallest absolute Gasteiger partial charge is 0.126 e. The minimum atomic E-state index is -0.117. The van der Waals surface area contributed by atoms with Crippen molar-refractivity contribution in [3.63, 3.8) is 0 Å². The zero-order valence-electron chi connectivity index (χ0n) is 11.3. The van der Waals surface area contributed by atoms with Crippen LogP contribution in [0.25, 0.3) is 0 Å². The van der Waals surface area contributed by atoms with Crippen LogP contribution in [0.3, 0.4) is 0 Å². The first-order valence-electron chi connectivity index (χ1n) is 6.74. The Hall–Kier alpha value is -1.72. The van der Waals surface area contributed by atoms with Crippen LogP contribution in [0.1, 0.15) is 35.1 Å². The number of rotatable bonds is 1. The fourth-order valence-corrected chi connectivity index (χ4v) is 4.02. The first-order valence-corrected chi connectivity index (χ1v) is 7.72. The van der Waals surface area contributed by atoms with Crippen molar-refractivity contribution in [1.82, 2.24) is 0 Å². The third-order valence-corrected chi connectivity index (χ3v) is 4.96. The predicted molar refractivity (Wildman–Crippen MR) is 82.5 cm³/mol.